The smallest absolute Gasteiger partial charge is 0.322 e. The van der Waals surface area contributed by atoms with E-state index in [-0.39, 0.29) is 17.5 Å². The number of carbonyl (C=O) groups excluding carboxylic acids is 1. The van der Waals surface area contributed by atoms with Crippen molar-refractivity contribution < 1.29 is 19.7 Å². The van der Waals surface area contributed by atoms with Gasteiger partial charge in [0.25, 0.3) is 5.91 Å². The van der Waals surface area contributed by atoms with Crippen molar-refractivity contribution in [1.29, 1.82) is 0 Å². The van der Waals surface area contributed by atoms with Crippen LogP contribution in [0.2, 0.25) is 0 Å². The molecule has 0 radical (unpaired) electrons. The first-order valence-electron chi connectivity index (χ1n) is 11.5. The molecule has 2 aromatic carbocycles. The molecular weight excluding hydrogens is 434 g/mol. The minimum atomic E-state index is -0.494. The Morgan fingerprint density at radius 3 is 2.41 bits per heavy atom. The lowest BCUT2D eigenvalue weighted by Crippen LogP contribution is -2.45. The van der Waals surface area contributed by atoms with E-state index in [2.05, 4.69) is 27.0 Å². The van der Waals surface area contributed by atoms with Gasteiger partial charge in [0.15, 0.2) is 5.82 Å². The molecule has 1 aliphatic heterocycles. The monoisotopic (exact) mass is 465 g/mol. The van der Waals surface area contributed by atoms with Gasteiger partial charge >= 0.3 is 6.01 Å². The van der Waals surface area contributed by atoms with Crippen LogP contribution in [0.1, 0.15) is 35.7 Å². The van der Waals surface area contributed by atoms with Crippen molar-refractivity contribution in [3.63, 3.8) is 0 Å². The molecule has 0 bridgehead atoms. The third-order valence-electron chi connectivity index (χ3n) is 6.13. The van der Waals surface area contributed by atoms with Crippen LogP contribution < -0.4 is 4.74 Å². The van der Waals surface area contributed by atoms with Gasteiger partial charge in [-0.25, -0.2) is 4.57 Å². The molecule has 0 atom stereocenters. The van der Waals surface area contributed by atoms with Crippen molar-refractivity contribution in [2.75, 3.05) is 46.4 Å². The number of phenolic OH excluding ortho intramolecular Hbond substituents is 1. The Balaban J connectivity index is 1.45. The van der Waals surface area contributed by atoms with Gasteiger partial charge in [-0.2, -0.15) is 0 Å². The quantitative estimate of drug-likeness (QED) is 0.549. The van der Waals surface area contributed by atoms with Crippen molar-refractivity contribution in [3.05, 3.63) is 53.6 Å². The van der Waals surface area contributed by atoms with Gasteiger partial charge in [0, 0.05) is 43.9 Å². The van der Waals surface area contributed by atoms with Gasteiger partial charge in [-0.05, 0) is 61.0 Å². The zero-order valence-corrected chi connectivity index (χ0v) is 19.8. The minimum absolute atomic E-state index is 0.0735. The standard InChI is InChI=1S/C25H31N5O4/c1-17(2)21-16-19(6-9-22(21)31)23-26-27-25(33)30(23)24(32)18-4-7-20(8-5-18)34-15-14-29-12-10-28(3)11-13-29/h4-9,16-17,31H,10-15H2,1-3H3,(H,27,33). The lowest BCUT2D eigenvalue weighted by atomic mass is 9.99. The fourth-order valence-electron chi connectivity index (χ4n) is 3.99. The molecule has 0 spiro atoms. The molecule has 0 unspecified atom stereocenters. The Bertz CT molecular complexity index is 1130. The van der Waals surface area contributed by atoms with E-state index in [0.29, 0.717) is 23.5 Å². The van der Waals surface area contributed by atoms with Gasteiger partial charge in [0.2, 0.25) is 0 Å². The van der Waals surface area contributed by atoms with Crippen LogP contribution in [0.5, 0.6) is 17.5 Å². The first-order chi connectivity index (χ1) is 16.3. The molecule has 1 aromatic heterocycles. The summed E-state index contributed by atoms with van der Waals surface area (Å²) >= 11 is 0. The van der Waals surface area contributed by atoms with E-state index in [1.165, 1.54) is 0 Å². The molecule has 2 N–H and O–H groups in total. The summed E-state index contributed by atoms with van der Waals surface area (Å²) in [6.07, 6.45) is 0. The first kappa shape index (κ1) is 23.7. The predicted molar refractivity (Wildman–Crippen MR) is 128 cm³/mol. The molecule has 4 rings (SSSR count). The predicted octanol–water partition coefficient (Wildman–Crippen LogP) is 2.79. The minimum Gasteiger partial charge on any atom is -0.508 e. The molecule has 34 heavy (non-hydrogen) atoms. The molecule has 180 valence electrons. The number of aromatic hydroxyl groups is 2. The highest BCUT2D eigenvalue weighted by Gasteiger charge is 2.22. The Kier molecular flexibility index (Phi) is 7.14. The summed E-state index contributed by atoms with van der Waals surface area (Å²) in [6, 6.07) is 11.3. The number of hydrogen-bond acceptors (Lipinski definition) is 8. The van der Waals surface area contributed by atoms with E-state index in [9.17, 15) is 15.0 Å². The maximum Gasteiger partial charge on any atom is 0.322 e. The fraction of sp³-hybridized carbons (Fsp3) is 0.400. The Morgan fingerprint density at radius 1 is 1.03 bits per heavy atom. The molecule has 0 saturated carbocycles. The van der Waals surface area contributed by atoms with Crippen LogP contribution >= 0.6 is 0 Å². The number of aromatic nitrogens is 3. The van der Waals surface area contributed by atoms with E-state index in [1.807, 2.05) is 13.8 Å². The maximum absolute atomic E-state index is 13.2. The lowest BCUT2D eigenvalue weighted by molar-refractivity contribution is 0.0952. The topological polar surface area (TPSA) is 104 Å². The lowest BCUT2D eigenvalue weighted by Gasteiger charge is -2.32. The van der Waals surface area contributed by atoms with Gasteiger partial charge in [0.05, 0.1) is 0 Å². The molecule has 9 heteroatoms. The Labute approximate surface area is 199 Å². The summed E-state index contributed by atoms with van der Waals surface area (Å²) in [5.41, 5.74) is 1.66. The Morgan fingerprint density at radius 2 is 1.74 bits per heavy atom. The van der Waals surface area contributed by atoms with Crippen LogP contribution in [0.3, 0.4) is 0 Å². The van der Waals surface area contributed by atoms with Gasteiger partial charge in [0.1, 0.15) is 18.1 Å². The molecule has 0 amide bonds. The molecule has 0 aliphatic carbocycles. The number of ether oxygens (including phenoxy) is 1. The molecule has 1 fully saturated rings. The Hall–Kier alpha value is -3.43. The highest BCUT2D eigenvalue weighted by atomic mass is 16.5. The summed E-state index contributed by atoms with van der Waals surface area (Å²) in [7, 11) is 2.13. The number of rotatable bonds is 7. The second-order valence-corrected chi connectivity index (χ2v) is 8.91. The highest BCUT2D eigenvalue weighted by molar-refractivity contribution is 5.98. The zero-order valence-electron chi connectivity index (χ0n) is 19.8. The van der Waals surface area contributed by atoms with Crippen LogP contribution in [-0.4, -0.2) is 87.1 Å². The number of benzene rings is 2. The SMILES string of the molecule is CC(C)c1cc(-c2nnc(O)n2C(=O)c2ccc(OCCN3CCN(C)CC3)cc2)ccc1O. The maximum atomic E-state index is 13.2. The summed E-state index contributed by atoms with van der Waals surface area (Å²) in [6.45, 7) is 9.57. The summed E-state index contributed by atoms with van der Waals surface area (Å²) in [4.78, 5) is 17.9. The van der Waals surface area contributed by atoms with E-state index in [4.69, 9.17) is 4.74 Å². The van der Waals surface area contributed by atoms with Crippen molar-refractivity contribution >= 4 is 5.91 Å². The van der Waals surface area contributed by atoms with Crippen LogP contribution in [0.15, 0.2) is 42.5 Å². The number of phenols is 1. The van der Waals surface area contributed by atoms with Crippen LogP contribution in [0.25, 0.3) is 11.4 Å². The number of piperazine rings is 1. The number of carbonyl (C=O) groups is 1. The summed E-state index contributed by atoms with van der Waals surface area (Å²) < 4.78 is 6.92. The number of nitrogens with zero attached hydrogens (tertiary/aromatic N) is 5. The van der Waals surface area contributed by atoms with Crippen molar-refractivity contribution in [1.82, 2.24) is 24.6 Å². The van der Waals surface area contributed by atoms with Gasteiger partial charge in [-0.1, -0.05) is 18.9 Å². The normalized spacial score (nSPS) is 15.1. The van der Waals surface area contributed by atoms with Crippen LogP contribution in [-0.2, 0) is 0 Å². The van der Waals surface area contributed by atoms with E-state index in [0.717, 1.165) is 42.9 Å². The second kappa shape index (κ2) is 10.2. The molecule has 2 heterocycles. The fourth-order valence-corrected chi connectivity index (χ4v) is 3.99. The van der Waals surface area contributed by atoms with Crippen LogP contribution in [0.4, 0.5) is 0 Å². The van der Waals surface area contributed by atoms with Crippen LogP contribution in [0, 0.1) is 0 Å². The highest BCUT2D eigenvalue weighted by Crippen LogP contribution is 2.31. The number of likely N-dealkylation sites (N-methyl/N-ethyl adjacent to an activating group) is 1. The number of hydrogen-bond donors (Lipinski definition) is 2. The molecule has 1 aliphatic rings. The molecule has 1 saturated heterocycles. The third-order valence-corrected chi connectivity index (χ3v) is 6.13. The van der Waals surface area contributed by atoms with Gasteiger partial charge in [-0.3, -0.25) is 9.69 Å². The third kappa shape index (κ3) is 5.21. The average Bonchev–Trinajstić information content (AvgIpc) is 3.21. The zero-order chi connectivity index (χ0) is 24.2. The van der Waals surface area contributed by atoms with Crippen molar-refractivity contribution in [2.45, 2.75) is 19.8 Å². The van der Waals surface area contributed by atoms with Gasteiger partial charge in [-0.15, -0.1) is 5.10 Å². The van der Waals surface area contributed by atoms with Crippen molar-refractivity contribution in [2.24, 2.45) is 0 Å². The average molecular weight is 466 g/mol. The first-order valence-corrected chi connectivity index (χ1v) is 11.5. The largest absolute Gasteiger partial charge is 0.508 e. The van der Waals surface area contributed by atoms with Gasteiger partial charge < -0.3 is 19.8 Å². The molecule has 3 aromatic rings. The van der Waals surface area contributed by atoms with E-state index in [1.54, 1.807) is 42.5 Å². The molecular formula is C25H31N5O4. The second-order valence-electron chi connectivity index (χ2n) is 8.91. The summed E-state index contributed by atoms with van der Waals surface area (Å²) in [5, 5.41) is 28.1. The van der Waals surface area contributed by atoms with Crippen molar-refractivity contribution in [3.8, 4) is 28.9 Å². The molecule has 9 nitrogen and oxygen atoms in total. The van der Waals surface area contributed by atoms with E-state index >= 15 is 0 Å². The van der Waals surface area contributed by atoms with E-state index < -0.39 is 11.9 Å². The summed E-state index contributed by atoms with van der Waals surface area (Å²) in [5.74, 6) is 0.671.